The van der Waals surface area contributed by atoms with Gasteiger partial charge in [-0.05, 0) is 28.9 Å². The van der Waals surface area contributed by atoms with E-state index in [4.69, 9.17) is 0 Å². The average molecular weight is 268 g/mol. The number of nitrogens with one attached hydrogen (secondary N) is 1. The van der Waals surface area contributed by atoms with Gasteiger partial charge >= 0.3 is 0 Å². The van der Waals surface area contributed by atoms with Gasteiger partial charge in [0.05, 0.1) is 4.47 Å². The van der Waals surface area contributed by atoms with Crippen LogP contribution in [-0.2, 0) is 6.54 Å². The topological polar surface area (TPSA) is 32.3 Å². The lowest BCUT2D eigenvalue weighted by atomic mass is 10.2. The lowest BCUT2D eigenvalue weighted by Crippen LogP contribution is -2.14. The maximum atomic E-state index is 9.69. The van der Waals surface area contributed by atoms with Gasteiger partial charge in [-0.1, -0.05) is 12.1 Å². The highest BCUT2D eigenvalue weighted by Gasteiger charge is 2.03. The first kappa shape index (κ1) is 12.1. The number of aromatic hydroxyl groups is 1. The molecular formula is C12H14BrNO. The number of rotatable bonds is 4. The molecule has 0 aliphatic heterocycles. The van der Waals surface area contributed by atoms with Crippen LogP contribution in [0.3, 0.4) is 0 Å². The first-order valence-electron chi connectivity index (χ1n) is 4.82. The molecule has 1 aromatic carbocycles. The predicted molar refractivity (Wildman–Crippen MR) is 65.6 cm³/mol. The number of para-hydroxylation sites is 1. The summed E-state index contributed by atoms with van der Waals surface area (Å²) >= 11 is 3.28. The van der Waals surface area contributed by atoms with Gasteiger partial charge in [0.1, 0.15) is 5.75 Å². The molecule has 80 valence electrons. The SMILES string of the molecule is CC#CCCNCc1cccc(Br)c1O. The van der Waals surface area contributed by atoms with E-state index >= 15 is 0 Å². The number of phenolic OH excluding ortho intramolecular Hbond substituents is 1. The molecule has 0 fully saturated rings. The smallest absolute Gasteiger partial charge is 0.134 e. The monoisotopic (exact) mass is 267 g/mol. The minimum absolute atomic E-state index is 0.312. The molecule has 3 heteroatoms. The third kappa shape index (κ3) is 3.94. The first-order chi connectivity index (χ1) is 7.25. The zero-order valence-corrected chi connectivity index (χ0v) is 10.3. The van der Waals surface area contributed by atoms with Gasteiger partial charge in [0.2, 0.25) is 0 Å². The van der Waals surface area contributed by atoms with Crippen molar-refractivity contribution in [2.45, 2.75) is 19.9 Å². The zero-order chi connectivity index (χ0) is 11.1. The Balaban J connectivity index is 2.43. The van der Waals surface area contributed by atoms with Crippen molar-refractivity contribution in [3.63, 3.8) is 0 Å². The van der Waals surface area contributed by atoms with Gasteiger partial charge in [0, 0.05) is 25.1 Å². The maximum Gasteiger partial charge on any atom is 0.134 e. The largest absolute Gasteiger partial charge is 0.506 e. The lowest BCUT2D eigenvalue weighted by Gasteiger charge is -2.06. The highest BCUT2D eigenvalue weighted by Crippen LogP contribution is 2.26. The molecule has 1 rings (SSSR count). The Bertz CT molecular complexity index is 379. The fraction of sp³-hybridized carbons (Fsp3) is 0.333. The Kier molecular flexibility index (Phi) is 5.23. The number of halogens is 1. The summed E-state index contributed by atoms with van der Waals surface area (Å²) in [6, 6.07) is 5.63. The Morgan fingerprint density at radius 3 is 3.00 bits per heavy atom. The first-order valence-corrected chi connectivity index (χ1v) is 5.61. The zero-order valence-electron chi connectivity index (χ0n) is 8.68. The summed E-state index contributed by atoms with van der Waals surface area (Å²) in [7, 11) is 0. The molecule has 2 nitrogen and oxygen atoms in total. The van der Waals surface area contributed by atoms with Crippen LogP contribution in [0.4, 0.5) is 0 Å². The molecule has 0 aliphatic carbocycles. The summed E-state index contributed by atoms with van der Waals surface area (Å²) < 4.78 is 0.732. The van der Waals surface area contributed by atoms with Crippen molar-refractivity contribution in [1.82, 2.24) is 5.32 Å². The Hall–Kier alpha value is -0.980. The van der Waals surface area contributed by atoms with Gasteiger partial charge in [-0.25, -0.2) is 0 Å². The molecule has 0 aromatic heterocycles. The normalized spacial score (nSPS) is 9.47. The van der Waals surface area contributed by atoms with Crippen LogP contribution >= 0.6 is 15.9 Å². The molecule has 0 saturated heterocycles. The predicted octanol–water partition coefficient (Wildman–Crippen LogP) is 2.66. The van der Waals surface area contributed by atoms with Crippen molar-refractivity contribution >= 4 is 15.9 Å². The van der Waals surface area contributed by atoms with Crippen molar-refractivity contribution in [3.8, 4) is 17.6 Å². The third-order valence-corrected chi connectivity index (χ3v) is 2.63. The summed E-state index contributed by atoms with van der Waals surface area (Å²) in [5.41, 5.74) is 0.897. The van der Waals surface area contributed by atoms with Crippen molar-refractivity contribution in [2.24, 2.45) is 0 Å². The number of phenols is 1. The fourth-order valence-electron chi connectivity index (χ4n) is 1.20. The fourth-order valence-corrected chi connectivity index (χ4v) is 1.61. The Labute approximate surface area is 98.8 Å². The lowest BCUT2D eigenvalue weighted by molar-refractivity contribution is 0.461. The van der Waals surface area contributed by atoms with Crippen LogP contribution < -0.4 is 5.32 Å². The van der Waals surface area contributed by atoms with E-state index in [1.54, 1.807) is 0 Å². The van der Waals surface area contributed by atoms with E-state index in [0.29, 0.717) is 12.3 Å². The number of benzene rings is 1. The van der Waals surface area contributed by atoms with Crippen molar-refractivity contribution < 1.29 is 5.11 Å². The van der Waals surface area contributed by atoms with Crippen LogP contribution in [-0.4, -0.2) is 11.7 Å². The van der Waals surface area contributed by atoms with Crippen LogP contribution in [0, 0.1) is 11.8 Å². The summed E-state index contributed by atoms with van der Waals surface area (Å²) in [6.07, 6.45) is 0.839. The van der Waals surface area contributed by atoms with Crippen LogP contribution in [0.1, 0.15) is 18.9 Å². The molecule has 0 amide bonds. The second kappa shape index (κ2) is 6.49. The molecule has 15 heavy (non-hydrogen) atoms. The van der Waals surface area contributed by atoms with Gasteiger partial charge in [0.25, 0.3) is 0 Å². The summed E-state index contributed by atoms with van der Waals surface area (Å²) in [5, 5.41) is 12.9. The van der Waals surface area contributed by atoms with Crippen LogP contribution in [0.15, 0.2) is 22.7 Å². The van der Waals surface area contributed by atoms with E-state index in [9.17, 15) is 5.11 Å². The van der Waals surface area contributed by atoms with E-state index in [0.717, 1.165) is 23.0 Å². The average Bonchev–Trinajstić information content (AvgIpc) is 2.24. The Morgan fingerprint density at radius 2 is 2.27 bits per heavy atom. The Morgan fingerprint density at radius 1 is 1.47 bits per heavy atom. The molecular weight excluding hydrogens is 254 g/mol. The number of hydrogen-bond acceptors (Lipinski definition) is 2. The molecule has 0 aliphatic rings. The third-order valence-electron chi connectivity index (χ3n) is 1.99. The van der Waals surface area contributed by atoms with Crippen LogP contribution in [0.2, 0.25) is 0 Å². The molecule has 2 N–H and O–H groups in total. The second-order valence-corrected chi connectivity index (χ2v) is 3.96. The van der Waals surface area contributed by atoms with E-state index in [1.165, 1.54) is 0 Å². The minimum atomic E-state index is 0.312. The standard InChI is InChI=1S/C12H14BrNO/c1-2-3-4-8-14-9-10-6-5-7-11(13)12(10)15/h5-7,14-15H,4,8-9H2,1H3. The van der Waals surface area contributed by atoms with Gasteiger partial charge in [-0.3, -0.25) is 0 Å². The van der Waals surface area contributed by atoms with Gasteiger partial charge < -0.3 is 10.4 Å². The van der Waals surface area contributed by atoms with Crippen molar-refractivity contribution in [1.29, 1.82) is 0 Å². The van der Waals surface area contributed by atoms with Gasteiger partial charge in [-0.2, -0.15) is 0 Å². The maximum absolute atomic E-state index is 9.69. The molecule has 0 spiro atoms. The quantitative estimate of drug-likeness (QED) is 0.650. The molecule has 0 atom stereocenters. The minimum Gasteiger partial charge on any atom is -0.506 e. The highest BCUT2D eigenvalue weighted by atomic mass is 79.9. The molecule has 0 unspecified atom stereocenters. The molecule has 0 saturated carbocycles. The van der Waals surface area contributed by atoms with Crippen molar-refractivity contribution in [3.05, 3.63) is 28.2 Å². The molecule has 1 aromatic rings. The van der Waals surface area contributed by atoms with Crippen LogP contribution in [0.25, 0.3) is 0 Å². The molecule has 0 radical (unpaired) electrons. The summed E-state index contributed by atoms with van der Waals surface area (Å²) in [6.45, 7) is 3.34. The van der Waals surface area contributed by atoms with E-state index in [1.807, 2.05) is 25.1 Å². The molecule has 0 heterocycles. The summed E-state index contributed by atoms with van der Waals surface area (Å²) in [4.78, 5) is 0. The van der Waals surface area contributed by atoms with E-state index < -0.39 is 0 Å². The molecule has 0 bridgehead atoms. The highest BCUT2D eigenvalue weighted by molar-refractivity contribution is 9.10. The van der Waals surface area contributed by atoms with Crippen molar-refractivity contribution in [2.75, 3.05) is 6.54 Å². The van der Waals surface area contributed by atoms with Gasteiger partial charge in [0.15, 0.2) is 0 Å². The van der Waals surface area contributed by atoms with E-state index in [2.05, 4.69) is 33.1 Å². The van der Waals surface area contributed by atoms with Gasteiger partial charge in [-0.15, -0.1) is 11.8 Å². The second-order valence-electron chi connectivity index (χ2n) is 3.10. The summed E-state index contributed by atoms with van der Waals surface area (Å²) in [5.74, 6) is 6.13. The van der Waals surface area contributed by atoms with E-state index in [-0.39, 0.29) is 0 Å². The van der Waals surface area contributed by atoms with Crippen LogP contribution in [0.5, 0.6) is 5.75 Å². The number of hydrogen-bond donors (Lipinski definition) is 2.